The first-order chi connectivity index (χ1) is 6.91. The predicted molar refractivity (Wildman–Crippen MR) is 63.3 cm³/mol. The summed E-state index contributed by atoms with van der Waals surface area (Å²) in [6.07, 6.45) is 2.43. The van der Waals surface area contributed by atoms with Gasteiger partial charge in [0.25, 0.3) is 0 Å². The van der Waals surface area contributed by atoms with Crippen molar-refractivity contribution in [3.05, 3.63) is 17.2 Å². The summed E-state index contributed by atoms with van der Waals surface area (Å²) in [7, 11) is 0. The highest BCUT2D eigenvalue weighted by Gasteiger charge is 2.29. The van der Waals surface area contributed by atoms with E-state index >= 15 is 0 Å². The maximum atomic E-state index is 4.82. The third kappa shape index (κ3) is 1.70. The maximum Gasteiger partial charge on any atom is 0.109 e. The molecule has 0 saturated heterocycles. The number of fused-ring (bicyclic) bond motifs is 1. The summed E-state index contributed by atoms with van der Waals surface area (Å²) in [6, 6.07) is 0. The van der Waals surface area contributed by atoms with Crippen LogP contribution in [0.15, 0.2) is 0 Å². The molecule has 0 atom stereocenters. The smallest absolute Gasteiger partial charge is 0.109 e. The Labute approximate surface area is 92.7 Å². The molecular formula is C13H22N2. The number of rotatable bonds is 1. The molecule has 0 bridgehead atoms. The van der Waals surface area contributed by atoms with Crippen molar-refractivity contribution in [3.8, 4) is 0 Å². The number of hydrogen-bond acceptors (Lipinski definition) is 1. The molecule has 0 spiro atoms. The molecule has 15 heavy (non-hydrogen) atoms. The molecule has 2 nitrogen and oxygen atoms in total. The Morgan fingerprint density at radius 1 is 1.27 bits per heavy atom. The molecule has 0 aliphatic carbocycles. The van der Waals surface area contributed by atoms with Crippen LogP contribution in [0.5, 0.6) is 0 Å². The van der Waals surface area contributed by atoms with Crippen molar-refractivity contribution in [1.82, 2.24) is 9.55 Å². The molecule has 0 N–H and O–H groups in total. The maximum absolute atomic E-state index is 4.82. The largest absolute Gasteiger partial charge is 0.331 e. The number of aromatic nitrogens is 2. The van der Waals surface area contributed by atoms with Gasteiger partial charge in [0.1, 0.15) is 5.82 Å². The van der Waals surface area contributed by atoms with Gasteiger partial charge in [0, 0.05) is 24.1 Å². The minimum absolute atomic E-state index is 0.217. The number of hydrogen-bond donors (Lipinski definition) is 0. The van der Waals surface area contributed by atoms with Crippen LogP contribution in [0.25, 0.3) is 0 Å². The van der Waals surface area contributed by atoms with Crippen LogP contribution >= 0.6 is 0 Å². The molecule has 0 radical (unpaired) electrons. The van der Waals surface area contributed by atoms with Crippen molar-refractivity contribution in [2.24, 2.45) is 0 Å². The molecule has 1 aliphatic rings. The van der Waals surface area contributed by atoms with E-state index in [0.29, 0.717) is 5.92 Å². The fraction of sp³-hybridized carbons (Fsp3) is 0.769. The lowest BCUT2D eigenvalue weighted by Gasteiger charge is -2.23. The Kier molecular flexibility index (Phi) is 2.40. The molecule has 0 fully saturated rings. The molecule has 0 saturated carbocycles. The Hall–Kier alpha value is -0.790. The lowest BCUT2D eigenvalue weighted by molar-refractivity contribution is 0.515. The summed E-state index contributed by atoms with van der Waals surface area (Å²) in [5.74, 6) is 1.85. The zero-order valence-electron chi connectivity index (χ0n) is 10.6. The highest BCUT2D eigenvalue weighted by atomic mass is 15.1. The first kappa shape index (κ1) is 10.7. The quantitative estimate of drug-likeness (QED) is 0.689. The van der Waals surface area contributed by atoms with Crippen LogP contribution in [0.1, 0.15) is 64.2 Å². The Morgan fingerprint density at radius 3 is 2.47 bits per heavy atom. The monoisotopic (exact) mass is 206 g/mol. The normalized spacial score (nSPS) is 16.1. The average Bonchev–Trinajstić information content (AvgIpc) is 2.56. The number of imidazole rings is 1. The second kappa shape index (κ2) is 3.36. The van der Waals surface area contributed by atoms with Crippen LogP contribution in [-0.2, 0) is 18.4 Å². The number of aryl methyl sites for hydroxylation is 1. The van der Waals surface area contributed by atoms with Gasteiger partial charge in [0.15, 0.2) is 0 Å². The molecule has 0 unspecified atom stereocenters. The average molecular weight is 206 g/mol. The third-order valence-corrected chi connectivity index (χ3v) is 3.11. The van der Waals surface area contributed by atoms with Crippen molar-refractivity contribution in [2.45, 2.75) is 65.3 Å². The van der Waals surface area contributed by atoms with Crippen molar-refractivity contribution in [2.75, 3.05) is 0 Å². The van der Waals surface area contributed by atoms with E-state index in [4.69, 9.17) is 4.98 Å². The highest BCUT2D eigenvalue weighted by Crippen LogP contribution is 2.33. The summed E-state index contributed by atoms with van der Waals surface area (Å²) < 4.78 is 2.45. The van der Waals surface area contributed by atoms with Gasteiger partial charge in [0.05, 0.1) is 5.69 Å². The van der Waals surface area contributed by atoms with E-state index in [2.05, 4.69) is 39.2 Å². The molecule has 1 aromatic rings. The van der Waals surface area contributed by atoms with Gasteiger partial charge in [-0.3, -0.25) is 0 Å². The highest BCUT2D eigenvalue weighted by molar-refractivity contribution is 5.28. The summed E-state index contributed by atoms with van der Waals surface area (Å²) >= 11 is 0. The Bertz CT molecular complexity index is 367. The number of nitrogens with zero attached hydrogens (tertiary/aromatic N) is 2. The van der Waals surface area contributed by atoms with Gasteiger partial charge in [-0.1, -0.05) is 34.6 Å². The Balaban J connectivity index is 2.58. The first-order valence-corrected chi connectivity index (χ1v) is 6.01. The van der Waals surface area contributed by atoms with Gasteiger partial charge in [-0.2, -0.15) is 0 Å². The topological polar surface area (TPSA) is 17.8 Å². The van der Waals surface area contributed by atoms with Crippen molar-refractivity contribution >= 4 is 0 Å². The first-order valence-electron chi connectivity index (χ1n) is 6.01. The summed E-state index contributed by atoms with van der Waals surface area (Å²) in [4.78, 5) is 4.82. The summed E-state index contributed by atoms with van der Waals surface area (Å²) in [6.45, 7) is 12.5. The van der Waals surface area contributed by atoms with Crippen LogP contribution in [-0.4, -0.2) is 9.55 Å². The molecule has 2 rings (SSSR count). The zero-order valence-corrected chi connectivity index (χ0v) is 10.6. The van der Waals surface area contributed by atoms with Crippen LogP contribution in [0.4, 0.5) is 0 Å². The van der Waals surface area contributed by atoms with Crippen molar-refractivity contribution in [1.29, 1.82) is 0 Å². The lowest BCUT2D eigenvalue weighted by Crippen LogP contribution is -2.19. The summed E-state index contributed by atoms with van der Waals surface area (Å²) in [5.41, 5.74) is 3.00. The molecular weight excluding hydrogens is 184 g/mol. The van der Waals surface area contributed by atoms with Crippen molar-refractivity contribution in [3.63, 3.8) is 0 Å². The van der Waals surface area contributed by atoms with Crippen LogP contribution in [0.3, 0.4) is 0 Å². The van der Waals surface area contributed by atoms with Gasteiger partial charge >= 0.3 is 0 Å². The van der Waals surface area contributed by atoms with E-state index in [1.165, 1.54) is 30.2 Å². The molecule has 2 heterocycles. The third-order valence-electron chi connectivity index (χ3n) is 3.11. The lowest BCUT2D eigenvalue weighted by atomic mass is 9.87. The Morgan fingerprint density at radius 2 is 1.93 bits per heavy atom. The van der Waals surface area contributed by atoms with Gasteiger partial charge in [0.2, 0.25) is 0 Å². The SMILES string of the molecule is CC(C)c1nc2n(c1C(C)(C)C)CCC2. The van der Waals surface area contributed by atoms with E-state index in [1.54, 1.807) is 0 Å². The second-order valence-electron chi connectivity index (χ2n) is 5.92. The zero-order chi connectivity index (χ0) is 11.2. The fourth-order valence-corrected chi connectivity index (χ4v) is 2.54. The molecule has 1 aromatic heterocycles. The van der Waals surface area contributed by atoms with Crippen LogP contribution in [0.2, 0.25) is 0 Å². The van der Waals surface area contributed by atoms with Crippen molar-refractivity contribution < 1.29 is 0 Å². The van der Waals surface area contributed by atoms with E-state index in [-0.39, 0.29) is 5.41 Å². The summed E-state index contributed by atoms with van der Waals surface area (Å²) in [5, 5.41) is 0. The predicted octanol–water partition coefficient (Wildman–Crippen LogP) is 3.25. The molecule has 0 aromatic carbocycles. The molecule has 84 valence electrons. The molecule has 1 aliphatic heterocycles. The van der Waals surface area contributed by atoms with Gasteiger partial charge in [-0.25, -0.2) is 4.98 Å². The molecule has 2 heteroatoms. The van der Waals surface area contributed by atoms with E-state index < -0.39 is 0 Å². The van der Waals surface area contributed by atoms with Crippen LogP contribution in [0, 0.1) is 0 Å². The van der Waals surface area contributed by atoms with E-state index in [9.17, 15) is 0 Å². The van der Waals surface area contributed by atoms with E-state index in [1.807, 2.05) is 0 Å². The standard InChI is InChI=1S/C13H22N2/c1-9(2)11-12(13(3,4)5)15-8-6-7-10(15)14-11/h9H,6-8H2,1-5H3. The minimum Gasteiger partial charge on any atom is -0.331 e. The minimum atomic E-state index is 0.217. The van der Waals surface area contributed by atoms with Gasteiger partial charge in [-0.05, 0) is 12.3 Å². The van der Waals surface area contributed by atoms with Gasteiger partial charge in [-0.15, -0.1) is 0 Å². The fourth-order valence-electron chi connectivity index (χ4n) is 2.54. The van der Waals surface area contributed by atoms with E-state index in [0.717, 1.165) is 6.42 Å². The second-order valence-corrected chi connectivity index (χ2v) is 5.92. The molecule has 0 amide bonds. The van der Waals surface area contributed by atoms with Crippen LogP contribution < -0.4 is 0 Å². The van der Waals surface area contributed by atoms with Gasteiger partial charge < -0.3 is 4.57 Å².